The third-order valence-corrected chi connectivity index (χ3v) is 3.63. The van der Waals surface area contributed by atoms with Crippen molar-refractivity contribution >= 4 is 23.6 Å². The number of nitrogens with one attached hydrogen (secondary N) is 1. The normalized spacial score (nSPS) is 11.8. The molecule has 1 heterocycles. The molecule has 110 valence electrons. The highest BCUT2D eigenvalue weighted by molar-refractivity contribution is 8.00. The zero-order chi connectivity index (χ0) is 15.0. The molecular weight excluding hydrogens is 276 g/mol. The second-order valence-corrected chi connectivity index (χ2v) is 5.21. The van der Waals surface area contributed by atoms with Gasteiger partial charge in [0.25, 0.3) is 0 Å². The highest BCUT2D eigenvalue weighted by Gasteiger charge is 2.15. The highest BCUT2D eigenvalue weighted by atomic mass is 32.2. The molecule has 0 radical (unpaired) electrons. The van der Waals surface area contributed by atoms with E-state index in [2.05, 4.69) is 10.3 Å². The average molecular weight is 296 g/mol. The topological polar surface area (TPSA) is 68.3 Å². The van der Waals surface area contributed by atoms with Crippen molar-refractivity contribution in [2.24, 2.45) is 0 Å². The van der Waals surface area contributed by atoms with E-state index in [1.165, 1.54) is 11.8 Å². The van der Waals surface area contributed by atoms with E-state index < -0.39 is 5.97 Å². The van der Waals surface area contributed by atoms with Gasteiger partial charge in [-0.15, -0.1) is 0 Å². The van der Waals surface area contributed by atoms with Crippen molar-refractivity contribution in [3.8, 4) is 0 Å². The fourth-order valence-electron chi connectivity index (χ4n) is 1.42. The maximum absolute atomic E-state index is 11.8. The zero-order valence-corrected chi connectivity index (χ0v) is 12.8. The number of rotatable bonds is 7. The number of esters is 1. The number of hydrogen-bond donors (Lipinski definition) is 1. The largest absolute Gasteiger partial charge is 0.462 e. The Kier molecular flexibility index (Phi) is 7.08. The van der Waals surface area contributed by atoms with Crippen LogP contribution in [0.2, 0.25) is 0 Å². The van der Waals surface area contributed by atoms with Gasteiger partial charge in [0.05, 0.1) is 17.9 Å². The summed E-state index contributed by atoms with van der Waals surface area (Å²) in [6.45, 7) is 6.02. The second kappa shape index (κ2) is 8.58. The van der Waals surface area contributed by atoms with E-state index in [0.29, 0.717) is 17.2 Å². The van der Waals surface area contributed by atoms with Gasteiger partial charge in [-0.05, 0) is 32.4 Å². The Morgan fingerprint density at radius 2 is 2.20 bits per heavy atom. The molecule has 1 rings (SSSR count). The van der Waals surface area contributed by atoms with Crippen molar-refractivity contribution in [1.82, 2.24) is 10.3 Å². The van der Waals surface area contributed by atoms with Crippen LogP contribution < -0.4 is 5.32 Å². The van der Waals surface area contributed by atoms with Crippen molar-refractivity contribution in [3.63, 3.8) is 0 Å². The molecule has 0 aromatic carbocycles. The van der Waals surface area contributed by atoms with E-state index in [1.807, 2.05) is 13.8 Å². The van der Waals surface area contributed by atoms with Crippen LogP contribution in [0.15, 0.2) is 23.4 Å². The number of aromatic nitrogens is 1. The van der Waals surface area contributed by atoms with Crippen LogP contribution in [0.3, 0.4) is 0 Å². The van der Waals surface area contributed by atoms with Gasteiger partial charge in [-0.1, -0.05) is 18.7 Å². The number of thioether (sulfide) groups is 1. The average Bonchev–Trinajstić information content (AvgIpc) is 2.45. The molecule has 0 spiro atoms. The Balaban J connectivity index is 2.64. The van der Waals surface area contributed by atoms with Crippen LogP contribution in [-0.2, 0) is 9.53 Å². The molecule has 0 aliphatic rings. The first-order valence-electron chi connectivity index (χ1n) is 6.62. The third-order valence-electron chi connectivity index (χ3n) is 2.63. The zero-order valence-electron chi connectivity index (χ0n) is 12.0. The fourth-order valence-corrected chi connectivity index (χ4v) is 2.22. The first-order chi connectivity index (χ1) is 9.58. The molecule has 0 bridgehead atoms. The van der Waals surface area contributed by atoms with Crippen molar-refractivity contribution in [3.05, 3.63) is 23.9 Å². The Morgan fingerprint density at radius 1 is 1.45 bits per heavy atom. The molecule has 1 aromatic rings. The number of hydrogen-bond acceptors (Lipinski definition) is 5. The van der Waals surface area contributed by atoms with Gasteiger partial charge in [0.1, 0.15) is 5.03 Å². The van der Waals surface area contributed by atoms with E-state index in [-0.39, 0.29) is 17.7 Å². The highest BCUT2D eigenvalue weighted by Crippen LogP contribution is 2.20. The van der Waals surface area contributed by atoms with E-state index in [9.17, 15) is 9.59 Å². The van der Waals surface area contributed by atoms with Crippen LogP contribution in [0.4, 0.5) is 0 Å². The van der Waals surface area contributed by atoms with E-state index in [0.717, 1.165) is 6.42 Å². The van der Waals surface area contributed by atoms with Crippen LogP contribution in [0.25, 0.3) is 0 Å². The molecule has 6 heteroatoms. The molecule has 0 unspecified atom stereocenters. The summed E-state index contributed by atoms with van der Waals surface area (Å²) < 4.78 is 4.96. The molecule has 1 amide bonds. The lowest BCUT2D eigenvalue weighted by molar-refractivity contribution is -0.119. The van der Waals surface area contributed by atoms with Crippen molar-refractivity contribution in [2.45, 2.75) is 38.3 Å². The molecule has 1 N–H and O–H groups in total. The summed E-state index contributed by atoms with van der Waals surface area (Å²) in [6.07, 6.45) is 2.48. The minimum absolute atomic E-state index is 0.0650. The first kappa shape index (κ1) is 16.5. The molecular formula is C14H20N2O3S. The van der Waals surface area contributed by atoms with Crippen LogP contribution >= 0.6 is 11.8 Å². The molecule has 20 heavy (non-hydrogen) atoms. The number of nitrogens with zero attached hydrogens (tertiary/aromatic N) is 1. The smallest absolute Gasteiger partial charge is 0.340 e. The maximum Gasteiger partial charge on any atom is 0.340 e. The SMILES string of the molecule is CCOC(=O)c1cccnc1SCC(=O)N[C@H](C)CC. The predicted octanol–water partition coefficient (Wildman–Crippen LogP) is 2.27. The number of pyridine rings is 1. The molecule has 5 nitrogen and oxygen atoms in total. The van der Waals surface area contributed by atoms with Crippen LogP contribution in [-0.4, -0.2) is 35.3 Å². The van der Waals surface area contributed by atoms with Gasteiger partial charge in [0.15, 0.2) is 0 Å². The lowest BCUT2D eigenvalue weighted by atomic mass is 10.3. The summed E-state index contributed by atoms with van der Waals surface area (Å²) in [5, 5.41) is 3.39. The molecule has 0 saturated heterocycles. The van der Waals surface area contributed by atoms with Crippen LogP contribution in [0.5, 0.6) is 0 Å². The Morgan fingerprint density at radius 3 is 2.85 bits per heavy atom. The Bertz CT molecular complexity index is 465. The van der Waals surface area contributed by atoms with Gasteiger partial charge >= 0.3 is 5.97 Å². The van der Waals surface area contributed by atoms with Gasteiger partial charge in [0.2, 0.25) is 5.91 Å². The third kappa shape index (κ3) is 5.21. The number of carbonyl (C=O) groups is 2. The maximum atomic E-state index is 11.8. The number of carbonyl (C=O) groups excluding carboxylic acids is 2. The van der Waals surface area contributed by atoms with Gasteiger partial charge in [-0.3, -0.25) is 4.79 Å². The Labute approximate surface area is 123 Å². The van der Waals surface area contributed by atoms with E-state index in [4.69, 9.17) is 4.74 Å². The minimum Gasteiger partial charge on any atom is -0.462 e. The lowest BCUT2D eigenvalue weighted by Gasteiger charge is -2.11. The summed E-state index contributed by atoms with van der Waals surface area (Å²) in [6, 6.07) is 3.48. The Hall–Kier alpha value is -1.56. The summed E-state index contributed by atoms with van der Waals surface area (Å²) in [4.78, 5) is 27.6. The monoisotopic (exact) mass is 296 g/mol. The summed E-state index contributed by atoms with van der Waals surface area (Å²) in [7, 11) is 0. The standard InChI is InChI=1S/C14H20N2O3S/c1-4-10(3)16-12(17)9-20-13-11(7-6-8-15-13)14(18)19-5-2/h6-8,10H,4-5,9H2,1-3H3,(H,16,17)/t10-/m1/s1. The molecule has 0 aliphatic carbocycles. The van der Waals surface area contributed by atoms with Crippen LogP contribution in [0.1, 0.15) is 37.6 Å². The summed E-state index contributed by atoms with van der Waals surface area (Å²) in [5.41, 5.74) is 0.399. The predicted molar refractivity (Wildman–Crippen MR) is 78.8 cm³/mol. The minimum atomic E-state index is -0.412. The van der Waals surface area contributed by atoms with Gasteiger partial charge in [0, 0.05) is 12.2 Å². The molecule has 0 aliphatic heterocycles. The lowest BCUT2D eigenvalue weighted by Crippen LogP contribution is -2.33. The van der Waals surface area contributed by atoms with Gasteiger partial charge in [-0.2, -0.15) is 0 Å². The first-order valence-corrected chi connectivity index (χ1v) is 7.61. The molecule has 1 aromatic heterocycles. The van der Waals surface area contributed by atoms with Gasteiger partial charge < -0.3 is 10.1 Å². The van der Waals surface area contributed by atoms with Crippen molar-refractivity contribution < 1.29 is 14.3 Å². The number of ether oxygens (including phenoxy) is 1. The fraction of sp³-hybridized carbons (Fsp3) is 0.500. The second-order valence-electron chi connectivity index (χ2n) is 4.24. The molecule has 0 fully saturated rings. The summed E-state index contributed by atoms with van der Waals surface area (Å²) >= 11 is 1.24. The number of amides is 1. The van der Waals surface area contributed by atoms with Crippen molar-refractivity contribution in [1.29, 1.82) is 0 Å². The quantitative estimate of drug-likeness (QED) is 0.617. The van der Waals surface area contributed by atoms with Gasteiger partial charge in [-0.25, -0.2) is 9.78 Å². The van der Waals surface area contributed by atoms with E-state index >= 15 is 0 Å². The van der Waals surface area contributed by atoms with Crippen LogP contribution in [0, 0.1) is 0 Å². The summed E-state index contributed by atoms with van der Waals surface area (Å²) in [5.74, 6) is -0.247. The van der Waals surface area contributed by atoms with E-state index in [1.54, 1.807) is 25.3 Å². The van der Waals surface area contributed by atoms with Crippen molar-refractivity contribution in [2.75, 3.05) is 12.4 Å². The molecule has 1 atom stereocenters. The molecule has 0 saturated carbocycles.